The van der Waals surface area contributed by atoms with Crippen LogP contribution in [0.4, 0.5) is 0 Å². The first kappa shape index (κ1) is 23.3. The van der Waals surface area contributed by atoms with Crippen LogP contribution in [0.3, 0.4) is 0 Å². The van der Waals surface area contributed by atoms with Crippen LogP contribution >= 0.6 is 0 Å². The molecule has 1 saturated heterocycles. The van der Waals surface area contributed by atoms with Crippen molar-refractivity contribution in [1.29, 1.82) is 0 Å². The molecule has 4 saturated carbocycles. The SMILES string of the molecule is C=C(C)C(=O)OC12CC3CC(CC(OCCCCCCCC4(CCC)COC4)(C3)C1)C2. The van der Waals surface area contributed by atoms with Crippen molar-refractivity contribution in [3.8, 4) is 0 Å². The van der Waals surface area contributed by atoms with Gasteiger partial charge < -0.3 is 14.2 Å². The Balaban J connectivity index is 1.16. The highest BCUT2D eigenvalue weighted by Crippen LogP contribution is 2.60. The third-order valence-electron chi connectivity index (χ3n) is 8.47. The van der Waals surface area contributed by atoms with Crippen LogP contribution in [0.15, 0.2) is 12.2 Å². The summed E-state index contributed by atoms with van der Waals surface area (Å²) in [5.74, 6) is 1.10. The molecule has 5 fully saturated rings. The van der Waals surface area contributed by atoms with E-state index in [1.807, 2.05) is 0 Å². The molecule has 176 valence electrons. The van der Waals surface area contributed by atoms with Crippen molar-refractivity contribution in [2.75, 3.05) is 19.8 Å². The predicted octanol–water partition coefficient (Wildman–Crippen LogP) is 6.37. The lowest BCUT2D eigenvalue weighted by Crippen LogP contribution is -2.61. The van der Waals surface area contributed by atoms with E-state index in [4.69, 9.17) is 14.2 Å². The summed E-state index contributed by atoms with van der Waals surface area (Å²) in [6.45, 7) is 10.7. The Hall–Kier alpha value is -0.870. The highest BCUT2D eigenvalue weighted by Gasteiger charge is 2.60. The minimum Gasteiger partial charge on any atom is -0.456 e. The molecule has 31 heavy (non-hydrogen) atoms. The van der Waals surface area contributed by atoms with Gasteiger partial charge in [-0.2, -0.15) is 0 Å². The van der Waals surface area contributed by atoms with Crippen LogP contribution < -0.4 is 0 Å². The van der Waals surface area contributed by atoms with Crippen molar-refractivity contribution >= 4 is 5.97 Å². The summed E-state index contributed by atoms with van der Waals surface area (Å²) in [6, 6.07) is 0. The van der Waals surface area contributed by atoms with Gasteiger partial charge in [0.2, 0.25) is 0 Å². The normalized spacial score (nSPS) is 35.0. The number of rotatable bonds is 13. The molecule has 4 bridgehead atoms. The van der Waals surface area contributed by atoms with E-state index < -0.39 is 0 Å². The average Bonchev–Trinajstić information content (AvgIpc) is 2.66. The lowest BCUT2D eigenvalue weighted by Gasteiger charge is -2.60. The van der Waals surface area contributed by atoms with Crippen molar-refractivity contribution < 1.29 is 19.0 Å². The molecule has 0 N–H and O–H groups in total. The molecule has 0 spiro atoms. The zero-order chi connectivity index (χ0) is 22.0. The molecule has 4 aliphatic carbocycles. The Labute approximate surface area is 189 Å². The number of ether oxygens (including phenoxy) is 3. The number of hydrogen-bond donors (Lipinski definition) is 0. The van der Waals surface area contributed by atoms with Crippen molar-refractivity contribution in [3.05, 3.63) is 12.2 Å². The lowest BCUT2D eigenvalue weighted by molar-refractivity contribution is -0.232. The summed E-state index contributed by atoms with van der Waals surface area (Å²) >= 11 is 0. The molecule has 4 nitrogen and oxygen atoms in total. The largest absolute Gasteiger partial charge is 0.456 e. The molecule has 0 aromatic rings. The second-order valence-electron chi connectivity index (χ2n) is 11.6. The molecule has 5 rings (SSSR count). The maximum Gasteiger partial charge on any atom is 0.333 e. The zero-order valence-corrected chi connectivity index (χ0v) is 20.0. The van der Waals surface area contributed by atoms with E-state index in [1.165, 1.54) is 51.4 Å². The van der Waals surface area contributed by atoms with Crippen LogP contribution in [0.25, 0.3) is 0 Å². The van der Waals surface area contributed by atoms with E-state index in [2.05, 4.69) is 13.5 Å². The highest BCUT2D eigenvalue weighted by atomic mass is 16.6. The summed E-state index contributed by atoms with van der Waals surface area (Å²) in [5.41, 5.74) is 0.687. The fraction of sp³-hybridized carbons (Fsp3) is 0.889. The molecule has 1 heterocycles. The Morgan fingerprint density at radius 2 is 1.61 bits per heavy atom. The molecule has 5 aliphatic rings. The summed E-state index contributed by atoms with van der Waals surface area (Å²) in [5, 5.41) is 0. The van der Waals surface area contributed by atoms with E-state index in [0.717, 1.165) is 58.3 Å². The standard InChI is InChI=1S/C27H44O4/c1-4-10-25(19-29-20-25)11-8-6-5-7-9-12-30-26-14-22-13-23(15-26)17-27(16-22,18-26)31-24(28)21(2)3/h22-23H,2,4-20H2,1,3H3. The molecule has 4 heteroatoms. The van der Waals surface area contributed by atoms with Gasteiger partial charge >= 0.3 is 5.97 Å². The van der Waals surface area contributed by atoms with Gasteiger partial charge in [-0.15, -0.1) is 0 Å². The van der Waals surface area contributed by atoms with E-state index in [1.54, 1.807) is 6.92 Å². The number of unbranched alkanes of at least 4 members (excludes halogenated alkanes) is 4. The first-order valence-corrected chi connectivity index (χ1v) is 13.0. The van der Waals surface area contributed by atoms with Gasteiger partial charge in [-0.1, -0.05) is 45.6 Å². The first-order chi connectivity index (χ1) is 14.9. The Kier molecular flexibility index (Phi) is 7.18. The molecule has 0 aromatic carbocycles. The minimum atomic E-state index is -0.292. The van der Waals surface area contributed by atoms with Crippen LogP contribution in [0.5, 0.6) is 0 Å². The average molecular weight is 433 g/mol. The van der Waals surface area contributed by atoms with Crippen LogP contribution in [0.2, 0.25) is 0 Å². The summed E-state index contributed by atoms with van der Waals surface area (Å²) in [6.07, 6.45) is 16.9. The zero-order valence-electron chi connectivity index (χ0n) is 20.0. The predicted molar refractivity (Wildman–Crippen MR) is 123 cm³/mol. The van der Waals surface area contributed by atoms with Crippen molar-refractivity contribution in [2.24, 2.45) is 17.3 Å². The monoisotopic (exact) mass is 432 g/mol. The molecule has 2 unspecified atom stereocenters. The van der Waals surface area contributed by atoms with Crippen molar-refractivity contribution in [3.63, 3.8) is 0 Å². The smallest absolute Gasteiger partial charge is 0.333 e. The van der Waals surface area contributed by atoms with Gasteiger partial charge in [0.15, 0.2) is 0 Å². The second kappa shape index (κ2) is 9.55. The van der Waals surface area contributed by atoms with Crippen molar-refractivity contribution in [2.45, 2.75) is 115 Å². The maximum absolute atomic E-state index is 12.3. The van der Waals surface area contributed by atoms with Gasteiger partial charge in [0.1, 0.15) is 5.60 Å². The molecular weight excluding hydrogens is 388 g/mol. The third kappa shape index (κ3) is 5.38. The number of carbonyl (C=O) groups excluding carboxylic acids is 1. The van der Waals surface area contributed by atoms with Crippen LogP contribution in [-0.4, -0.2) is 37.0 Å². The summed E-state index contributed by atoms with van der Waals surface area (Å²) in [7, 11) is 0. The molecule has 0 radical (unpaired) electrons. The Morgan fingerprint density at radius 1 is 0.968 bits per heavy atom. The molecule has 0 amide bonds. The second-order valence-corrected chi connectivity index (χ2v) is 11.6. The molecule has 1 aliphatic heterocycles. The number of esters is 1. The highest BCUT2D eigenvalue weighted by molar-refractivity contribution is 5.87. The van der Waals surface area contributed by atoms with E-state index in [9.17, 15) is 4.79 Å². The van der Waals surface area contributed by atoms with Gasteiger partial charge in [-0.05, 0) is 70.1 Å². The minimum absolute atomic E-state index is 0.0454. The van der Waals surface area contributed by atoms with E-state index in [0.29, 0.717) is 22.8 Å². The van der Waals surface area contributed by atoms with Gasteiger partial charge in [-0.3, -0.25) is 0 Å². The van der Waals surface area contributed by atoms with Gasteiger partial charge in [0.05, 0.1) is 18.8 Å². The molecule has 2 atom stereocenters. The summed E-state index contributed by atoms with van der Waals surface area (Å²) in [4.78, 5) is 12.3. The van der Waals surface area contributed by atoms with E-state index in [-0.39, 0.29) is 17.2 Å². The van der Waals surface area contributed by atoms with Crippen LogP contribution in [0.1, 0.15) is 104 Å². The van der Waals surface area contributed by atoms with Crippen molar-refractivity contribution in [1.82, 2.24) is 0 Å². The topological polar surface area (TPSA) is 44.8 Å². The first-order valence-electron chi connectivity index (χ1n) is 13.0. The van der Waals surface area contributed by atoms with Gasteiger partial charge in [-0.25, -0.2) is 4.79 Å². The van der Waals surface area contributed by atoms with Gasteiger partial charge in [0.25, 0.3) is 0 Å². The summed E-state index contributed by atoms with van der Waals surface area (Å²) < 4.78 is 18.1. The van der Waals surface area contributed by atoms with Gasteiger partial charge in [0, 0.05) is 24.0 Å². The van der Waals surface area contributed by atoms with Crippen LogP contribution in [0, 0.1) is 17.3 Å². The Morgan fingerprint density at radius 3 is 2.23 bits per heavy atom. The third-order valence-corrected chi connectivity index (χ3v) is 8.47. The number of hydrogen-bond acceptors (Lipinski definition) is 4. The fourth-order valence-electron chi connectivity index (χ4n) is 7.42. The quantitative estimate of drug-likeness (QED) is 0.193. The van der Waals surface area contributed by atoms with Crippen LogP contribution in [-0.2, 0) is 19.0 Å². The fourth-order valence-corrected chi connectivity index (χ4v) is 7.42. The van der Waals surface area contributed by atoms with E-state index >= 15 is 0 Å². The number of carbonyl (C=O) groups is 1. The lowest BCUT2D eigenvalue weighted by atomic mass is 9.52. The maximum atomic E-state index is 12.3. The molecular formula is C27H44O4. The molecule has 0 aromatic heterocycles. The Bertz CT molecular complexity index is 636.